The molecule has 0 aliphatic rings. The standard InChI is InChI=1S/C12H15NO2S/c1-14-5-6-16-9-10-3-4-12(15-2)11(7-10)8-13/h3-4,7H,5-6,9H2,1-2H3. The first kappa shape index (κ1) is 12.9. The molecule has 0 unspecified atom stereocenters. The highest BCUT2D eigenvalue weighted by molar-refractivity contribution is 7.98. The van der Waals surface area contributed by atoms with Crippen LogP contribution < -0.4 is 4.74 Å². The van der Waals surface area contributed by atoms with Crippen LogP contribution in [0.5, 0.6) is 5.75 Å². The Bertz CT molecular complexity index is 374. The minimum atomic E-state index is 0.590. The average Bonchev–Trinajstić information content (AvgIpc) is 2.34. The molecule has 0 atom stereocenters. The Morgan fingerprint density at radius 2 is 2.19 bits per heavy atom. The third-order valence-corrected chi connectivity index (χ3v) is 3.08. The molecule has 1 rings (SSSR count). The number of nitrogens with zero attached hydrogens (tertiary/aromatic N) is 1. The van der Waals surface area contributed by atoms with Gasteiger partial charge < -0.3 is 9.47 Å². The average molecular weight is 237 g/mol. The fraction of sp³-hybridized carbons (Fsp3) is 0.417. The van der Waals surface area contributed by atoms with Crippen molar-refractivity contribution in [1.82, 2.24) is 0 Å². The first-order chi connectivity index (χ1) is 7.81. The van der Waals surface area contributed by atoms with Gasteiger partial charge >= 0.3 is 0 Å². The number of nitriles is 1. The van der Waals surface area contributed by atoms with E-state index in [1.165, 1.54) is 0 Å². The van der Waals surface area contributed by atoms with E-state index in [9.17, 15) is 0 Å². The van der Waals surface area contributed by atoms with Crippen molar-refractivity contribution in [2.24, 2.45) is 0 Å². The van der Waals surface area contributed by atoms with Crippen LogP contribution in [0.4, 0.5) is 0 Å². The van der Waals surface area contributed by atoms with Crippen molar-refractivity contribution in [3.8, 4) is 11.8 Å². The maximum absolute atomic E-state index is 8.93. The zero-order valence-electron chi connectivity index (χ0n) is 9.53. The molecule has 4 heteroatoms. The summed E-state index contributed by atoms with van der Waals surface area (Å²) < 4.78 is 10.1. The van der Waals surface area contributed by atoms with E-state index in [1.54, 1.807) is 26.0 Å². The summed E-state index contributed by atoms with van der Waals surface area (Å²) in [5.41, 5.74) is 1.73. The summed E-state index contributed by atoms with van der Waals surface area (Å²) in [4.78, 5) is 0. The van der Waals surface area contributed by atoms with Gasteiger partial charge in [0.05, 0.1) is 19.3 Å². The Morgan fingerprint density at radius 1 is 1.38 bits per heavy atom. The molecule has 16 heavy (non-hydrogen) atoms. The Balaban J connectivity index is 2.58. The molecule has 0 aliphatic heterocycles. The molecule has 0 spiro atoms. The lowest BCUT2D eigenvalue weighted by molar-refractivity contribution is 0.218. The smallest absolute Gasteiger partial charge is 0.136 e. The molecule has 1 aromatic carbocycles. The summed E-state index contributed by atoms with van der Waals surface area (Å²) in [6.07, 6.45) is 0. The predicted molar refractivity (Wildman–Crippen MR) is 65.7 cm³/mol. The van der Waals surface area contributed by atoms with Crippen LogP contribution in [0.25, 0.3) is 0 Å². The molecular formula is C12H15NO2S. The van der Waals surface area contributed by atoms with Crippen molar-refractivity contribution in [3.63, 3.8) is 0 Å². The largest absolute Gasteiger partial charge is 0.495 e. The summed E-state index contributed by atoms with van der Waals surface area (Å²) in [5.74, 6) is 2.49. The van der Waals surface area contributed by atoms with E-state index in [4.69, 9.17) is 14.7 Å². The number of hydrogen-bond acceptors (Lipinski definition) is 4. The Kier molecular flexibility index (Phi) is 5.76. The van der Waals surface area contributed by atoms with Crippen molar-refractivity contribution in [3.05, 3.63) is 29.3 Å². The van der Waals surface area contributed by atoms with Gasteiger partial charge in [-0.1, -0.05) is 6.07 Å². The van der Waals surface area contributed by atoms with E-state index >= 15 is 0 Å². The number of thioether (sulfide) groups is 1. The van der Waals surface area contributed by atoms with Gasteiger partial charge in [-0.25, -0.2) is 0 Å². The van der Waals surface area contributed by atoms with Crippen molar-refractivity contribution in [2.75, 3.05) is 26.6 Å². The molecule has 0 amide bonds. The number of hydrogen-bond donors (Lipinski definition) is 0. The Hall–Kier alpha value is -1.18. The van der Waals surface area contributed by atoms with E-state index in [1.807, 2.05) is 18.2 Å². The molecule has 1 aromatic rings. The summed E-state index contributed by atoms with van der Waals surface area (Å²) in [6, 6.07) is 7.83. The second-order valence-electron chi connectivity index (χ2n) is 3.19. The van der Waals surface area contributed by atoms with Gasteiger partial charge in [-0.3, -0.25) is 0 Å². The fourth-order valence-corrected chi connectivity index (χ4v) is 2.11. The molecule has 0 saturated carbocycles. The lowest BCUT2D eigenvalue weighted by atomic mass is 10.1. The topological polar surface area (TPSA) is 42.2 Å². The maximum atomic E-state index is 8.93. The van der Waals surface area contributed by atoms with E-state index in [2.05, 4.69) is 6.07 Å². The molecule has 0 fully saturated rings. The van der Waals surface area contributed by atoms with Crippen LogP contribution in [-0.2, 0) is 10.5 Å². The molecule has 0 bridgehead atoms. The SMILES string of the molecule is COCCSCc1ccc(OC)c(C#N)c1. The zero-order valence-corrected chi connectivity index (χ0v) is 10.3. The van der Waals surface area contributed by atoms with Gasteiger partial charge in [-0.15, -0.1) is 0 Å². The minimum Gasteiger partial charge on any atom is -0.495 e. The van der Waals surface area contributed by atoms with Gasteiger partial charge in [-0.05, 0) is 17.7 Å². The van der Waals surface area contributed by atoms with Crippen molar-refractivity contribution in [2.45, 2.75) is 5.75 Å². The lowest BCUT2D eigenvalue weighted by Crippen LogP contribution is -1.93. The number of rotatable bonds is 6. The molecule has 0 heterocycles. The van der Waals surface area contributed by atoms with Crippen LogP contribution in [0.15, 0.2) is 18.2 Å². The molecule has 0 N–H and O–H groups in total. The molecule has 86 valence electrons. The first-order valence-corrected chi connectivity index (χ1v) is 6.11. The van der Waals surface area contributed by atoms with Gasteiger partial charge in [0, 0.05) is 18.6 Å². The van der Waals surface area contributed by atoms with E-state index < -0.39 is 0 Å². The van der Waals surface area contributed by atoms with Gasteiger partial charge in [0.25, 0.3) is 0 Å². The van der Waals surface area contributed by atoms with Gasteiger partial charge in [-0.2, -0.15) is 17.0 Å². The van der Waals surface area contributed by atoms with Crippen molar-refractivity contribution >= 4 is 11.8 Å². The number of benzene rings is 1. The molecule has 0 aromatic heterocycles. The highest BCUT2D eigenvalue weighted by Crippen LogP contribution is 2.21. The summed E-state index contributed by atoms with van der Waals surface area (Å²) >= 11 is 1.79. The normalized spacial score (nSPS) is 9.81. The third-order valence-electron chi connectivity index (χ3n) is 2.08. The molecule has 0 aliphatic carbocycles. The molecular weight excluding hydrogens is 222 g/mol. The van der Waals surface area contributed by atoms with Gasteiger partial charge in [0.1, 0.15) is 11.8 Å². The summed E-state index contributed by atoms with van der Waals surface area (Å²) in [5, 5.41) is 8.93. The molecule has 0 radical (unpaired) electrons. The second kappa shape index (κ2) is 7.15. The van der Waals surface area contributed by atoms with Gasteiger partial charge in [0.2, 0.25) is 0 Å². The summed E-state index contributed by atoms with van der Waals surface area (Å²) in [7, 11) is 3.27. The Labute approximate surface area is 100 Å². The molecule has 0 saturated heterocycles. The van der Waals surface area contributed by atoms with Crippen LogP contribution in [0.3, 0.4) is 0 Å². The third kappa shape index (κ3) is 3.76. The highest BCUT2D eigenvalue weighted by atomic mass is 32.2. The van der Waals surface area contributed by atoms with Crippen LogP contribution in [-0.4, -0.2) is 26.6 Å². The van der Waals surface area contributed by atoms with Crippen LogP contribution in [0, 0.1) is 11.3 Å². The van der Waals surface area contributed by atoms with Crippen LogP contribution in [0.2, 0.25) is 0 Å². The van der Waals surface area contributed by atoms with Crippen molar-refractivity contribution < 1.29 is 9.47 Å². The van der Waals surface area contributed by atoms with E-state index in [0.717, 1.165) is 23.7 Å². The maximum Gasteiger partial charge on any atom is 0.136 e. The quantitative estimate of drug-likeness (QED) is 0.713. The monoisotopic (exact) mass is 237 g/mol. The Morgan fingerprint density at radius 3 is 2.81 bits per heavy atom. The number of ether oxygens (including phenoxy) is 2. The molecule has 3 nitrogen and oxygen atoms in total. The number of methoxy groups -OCH3 is 2. The van der Waals surface area contributed by atoms with Crippen molar-refractivity contribution in [1.29, 1.82) is 5.26 Å². The van der Waals surface area contributed by atoms with Crippen LogP contribution in [0.1, 0.15) is 11.1 Å². The van der Waals surface area contributed by atoms with E-state index in [0.29, 0.717) is 11.3 Å². The lowest BCUT2D eigenvalue weighted by Gasteiger charge is -2.05. The minimum absolute atomic E-state index is 0.590. The van der Waals surface area contributed by atoms with Crippen LogP contribution >= 0.6 is 11.8 Å². The fourth-order valence-electron chi connectivity index (χ4n) is 1.26. The second-order valence-corrected chi connectivity index (χ2v) is 4.30. The summed E-state index contributed by atoms with van der Waals surface area (Å²) in [6.45, 7) is 0.756. The zero-order chi connectivity index (χ0) is 11.8. The van der Waals surface area contributed by atoms with Gasteiger partial charge in [0.15, 0.2) is 0 Å². The van der Waals surface area contributed by atoms with E-state index in [-0.39, 0.29) is 0 Å². The predicted octanol–water partition coefficient (Wildman–Crippen LogP) is 2.45. The first-order valence-electron chi connectivity index (χ1n) is 4.95. The highest BCUT2D eigenvalue weighted by Gasteiger charge is 2.03.